The molecule has 0 aromatic carbocycles. The fourth-order valence-electron chi connectivity index (χ4n) is 2.07. The maximum absolute atomic E-state index is 12.3. The summed E-state index contributed by atoms with van der Waals surface area (Å²) in [7, 11) is 0. The van der Waals surface area contributed by atoms with E-state index in [0.717, 1.165) is 5.69 Å². The first-order valence-electron chi connectivity index (χ1n) is 7.37. The summed E-state index contributed by atoms with van der Waals surface area (Å²) in [5.74, 6) is -0.989. The monoisotopic (exact) mass is 295 g/mol. The number of carbonyl (C=O) groups is 2. The molecule has 0 aliphatic carbocycles. The summed E-state index contributed by atoms with van der Waals surface area (Å²) in [4.78, 5) is 23.6. The van der Waals surface area contributed by atoms with Gasteiger partial charge in [-0.25, -0.2) is 4.79 Å². The van der Waals surface area contributed by atoms with Crippen molar-refractivity contribution in [1.82, 2.24) is 15.1 Å². The zero-order chi connectivity index (χ0) is 16.2. The standard InChI is InChI=1S/C15H25N3O3/c1-6-18-13(8-11(17-18)10(4)5)14(19)16-12(15(20)21)7-9(2)3/h8-10,12H,6-7H2,1-5H3,(H,16,19)(H,20,21). The fourth-order valence-corrected chi connectivity index (χ4v) is 2.07. The van der Waals surface area contributed by atoms with Crippen molar-refractivity contribution >= 4 is 11.9 Å². The molecule has 1 aromatic rings. The normalized spacial score (nSPS) is 12.7. The van der Waals surface area contributed by atoms with Crippen molar-refractivity contribution in [2.24, 2.45) is 5.92 Å². The second-order valence-corrected chi connectivity index (χ2v) is 5.92. The van der Waals surface area contributed by atoms with Crippen LogP contribution in [0.2, 0.25) is 0 Å². The first-order valence-corrected chi connectivity index (χ1v) is 7.37. The number of hydrogen-bond donors (Lipinski definition) is 2. The summed E-state index contributed by atoms with van der Waals surface area (Å²) in [6, 6.07) is 0.859. The Morgan fingerprint density at radius 1 is 1.33 bits per heavy atom. The van der Waals surface area contributed by atoms with Crippen molar-refractivity contribution in [2.75, 3.05) is 0 Å². The van der Waals surface area contributed by atoms with Crippen LogP contribution in [0.5, 0.6) is 0 Å². The highest BCUT2D eigenvalue weighted by molar-refractivity contribution is 5.95. The Morgan fingerprint density at radius 2 is 1.95 bits per heavy atom. The summed E-state index contributed by atoms with van der Waals surface area (Å²) in [6.45, 7) is 10.3. The fraction of sp³-hybridized carbons (Fsp3) is 0.667. The molecule has 0 aliphatic heterocycles. The molecule has 21 heavy (non-hydrogen) atoms. The molecule has 1 aromatic heterocycles. The third kappa shape index (κ3) is 4.58. The molecule has 1 rings (SSSR count). The van der Waals surface area contributed by atoms with Gasteiger partial charge in [0.25, 0.3) is 5.91 Å². The van der Waals surface area contributed by atoms with Crippen LogP contribution in [0.15, 0.2) is 6.07 Å². The van der Waals surface area contributed by atoms with Crippen molar-refractivity contribution in [3.63, 3.8) is 0 Å². The van der Waals surface area contributed by atoms with Crippen molar-refractivity contribution < 1.29 is 14.7 Å². The van der Waals surface area contributed by atoms with E-state index >= 15 is 0 Å². The van der Waals surface area contributed by atoms with Gasteiger partial charge in [-0.05, 0) is 31.2 Å². The van der Waals surface area contributed by atoms with Gasteiger partial charge in [-0.15, -0.1) is 0 Å². The zero-order valence-electron chi connectivity index (χ0n) is 13.4. The van der Waals surface area contributed by atoms with Crippen LogP contribution in [0.1, 0.15) is 63.1 Å². The van der Waals surface area contributed by atoms with Crippen LogP contribution < -0.4 is 5.32 Å². The number of carbonyl (C=O) groups excluding carboxylic acids is 1. The first kappa shape index (κ1) is 17.2. The van der Waals surface area contributed by atoms with Crippen LogP contribution in [0.4, 0.5) is 0 Å². The molecule has 6 heteroatoms. The van der Waals surface area contributed by atoms with Crippen LogP contribution >= 0.6 is 0 Å². The Morgan fingerprint density at radius 3 is 2.38 bits per heavy atom. The number of amides is 1. The number of hydrogen-bond acceptors (Lipinski definition) is 3. The predicted molar refractivity (Wildman–Crippen MR) is 80.3 cm³/mol. The molecule has 1 heterocycles. The van der Waals surface area contributed by atoms with Gasteiger partial charge in [0.05, 0.1) is 5.69 Å². The second kappa shape index (κ2) is 7.24. The van der Waals surface area contributed by atoms with Gasteiger partial charge in [0.2, 0.25) is 0 Å². The topological polar surface area (TPSA) is 84.2 Å². The molecule has 0 radical (unpaired) electrons. The third-order valence-corrected chi connectivity index (χ3v) is 3.23. The molecule has 0 aliphatic rings. The van der Waals surface area contributed by atoms with E-state index in [1.807, 2.05) is 34.6 Å². The van der Waals surface area contributed by atoms with Crippen LogP contribution in [-0.4, -0.2) is 32.8 Å². The zero-order valence-corrected chi connectivity index (χ0v) is 13.4. The maximum atomic E-state index is 12.3. The van der Waals surface area contributed by atoms with Gasteiger partial charge >= 0.3 is 5.97 Å². The van der Waals surface area contributed by atoms with E-state index in [-0.39, 0.29) is 17.7 Å². The van der Waals surface area contributed by atoms with Crippen molar-refractivity contribution in [1.29, 1.82) is 0 Å². The molecule has 118 valence electrons. The smallest absolute Gasteiger partial charge is 0.326 e. The number of carboxylic acid groups (broad SMARTS) is 1. The van der Waals surface area contributed by atoms with Crippen molar-refractivity contribution in [2.45, 2.75) is 59.5 Å². The number of nitrogens with zero attached hydrogens (tertiary/aromatic N) is 2. The Labute approximate surface area is 125 Å². The minimum absolute atomic E-state index is 0.189. The molecule has 1 amide bonds. The maximum Gasteiger partial charge on any atom is 0.326 e. The predicted octanol–water partition coefficient (Wildman–Crippen LogP) is 2.26. The number of aromatic nitrogens is 2. The number of nitrogens with one attached hydrogen (secondary N) is 1. The highest BCUT2D eigenvalue weighted by atomic mass is 16.4. The minimum atomic E-state index is -1.01. The highest BCUT2D eigenvalue weighted by Gasteiger charge is 2.24. The van der Waals surface area contributed by atoms with E-state index < -0.39 is 12.0 Å². The number of carboxylic acids is 1. The third-order valence-electron chi connectivity index (χ3n) is 3.23. The molecule has 0 saturated carbocycles. The summed E-state index contributed by atoms with van der Waals surface area (Å²) in [5, 5.41) is 16.2. The van der Waals surface area contributed by atoms with Gasteiger partial charge in [0.15, 0.2) is 0 Å². The van der Waals surface area contributed by atoms with Gasteiger partial charge in [-0.3, -0.25) is 9.48 Å². The van der Waals surface area contributed by atoms with Crippen molar-refractivity contribution in [3.8, 4) is 0 Å². The van der Waals surface area contributed by atoms with E-state index in [0.29, 0.717) is 18.7 Å². The van der Waals surface area contributed by atoms with Crippen LogP contribution in [0.3, 0.4) is 0 Å². The van der Waals surface area contributed by atoms with E-state index in [4.69, 9.17) is 0 Å². The highest BCUT2D eigenvalue weighted by Crippen LogP contribution is 2.15. The molecule has 0 spiro atoms. The molecule has 1 atom stereocenters. The van der Waals surface area contributed by atoms with Gasteiger partial charge in [0.1, 0.15) is 11.7 Å². The van der Waals surface area contributed by atoms with Gasteiger partial charge < -0.3 is 10.4 Å². The lowest BCUT2D eigenvalue weighted by molar-refractivity contribution is -0.139. The van der Waals surface area contributed by atoms with Crippen LogP contribution in [0, 0.1) is 5.92 Å². The lowest BCUT2D eigenvalue weighted by atomic mass is 10.0. The summed E-state index contributed by atoms with van der Waals surface area (Å²) < 4.78 is 1.61. The molecular formula is C15H25N3O3. The number of aliphatic carboxylic acids is 1. The largest absolute Gasteiger partial charge is 0.480 e. The van der Waals surface area contributed by atoms with Crippen molar-refractivity contribution in [3.05, 3.63) is 17.5 Å². The van der Waals surface area contributed by atoms with Crippen LogP contribution in [-0.2, 0) is 11.3 Å². The molecule has 1 unspecified atom stereocenters. The Hall–Kier alpha value is -1.85. The lowest BCUT2D eigenvalue weighted by Gasteiger charge is -2.16. The second-order valence-electron chi connectivity index (χ2n) is 5.92. The molecule has 0 saturated heterocycles. The minimum Gasteiger partial charge on any atom is -0.480 e. The first-order chi connectivity index (χ1) is 9.76. The Bertz CT molecular complexity index is 506. The average Bonchev–Trinajstić information content (AvgIpc) is 2.81. The molecule has 0 fully saturated rings. The van der Waals surface area contributed by atoms with E-state index in [1.165, 1.54) is 0 Å². The molecular weight excluding hydrogens is 270 g/mol. The molecule has 2 N–H and O–H groups in total. The van der Waals surface area contributed by atoms with Crippen LogP contribution in [0.25, 0.3) is 0 Å². The van der Waals surface area contributed by atoms with E-state index in [2.05, 4.69) is 10.4 Å². The van der Waals surface area contributed by atoms with Gasteiger partial charge in [-0.2, -0.15) is 5.10 Å². The Balaban J connectivity index is 2.94. The van der Waals surface area contributed by atoms with Gasteiger partial charge in [0, 0.05) is 6.54 Å². The summed E-state index contributed by atoms with van der Waals surface area (Å²) in [6.07, 6.45) is 0.401. The Kier molecular flexibility index (Phi) is 5.93. The SMILES string of the molecule is CCn1nc(C(C)C)cc1C(=O)NC(CC(C)C)C(=O)O. The average molecular weight is 295 g/mol. The molecule has 0 bridgehead atoms. The molecule has 6 nitrogen and oxygen atoms in total. The van der Waals surface area contributed by atoms with E-state index in [1.54, 1.807) is 10.7 Å². The summed E-state index contributed by atoms with van der Waals surface area (Å²) >= 11 is 0. The number of rotatable bonds is 7. The summed E-state index contributed by atoms with van der Waals surface area (Å²) in [5.41, 5.74) is 1.24. The number of aryl methyl sites for hydroxylation is 1. The lowest BCUT2D eigenvalue weighted by Crippen LogP contribution is -2.42. The quantitative estimate of drug-likeness (QED) is 0.808. The van der Waals surface area contributed by atoms with E-state index in [9.17, 15) is 14.7 Å². The van der Waals surface area contributed by atoms with Gasteiger partial charge in [-0.1, -0.05) is 27.7 Å².